The fourth-order valence-electron chi connectivity index (χ4n) is 2.40. The molecule has 2 aromatic heterocycles. The molecule has 2 N–H and O–H groups in total. The van der Waals surface area contributed by atoms with Crippen molar-refractivity contribution in [2.75, 3.05) is 5.32 Å². The minimum absolute atomic E-state index is 0.0462. The van der Waals surface area contributed by atoms with Gasteiger partial charge in [-0.3, -0.25) is 9.89 Å². The molecule has 8 nitrogen and oxygen atoms in total. The Balaban J connectivity index is 1.47. The van der Waals surface area contributed by atoms with E-state index in [1.54, 1.807) is 0 Å². The second kappa shape index (κ2) is 7.90. The zero-order valence-corrected chi connectivity index (χ0v) is 15.1. The number of hydrogen-bond acceptors (Lipinski definition) is 6. The molecule has 3 aromatic rings. The van der Waals surface area contributed by atoms with Gasteiger partial charge >= 0.3 is 0 Å². The van der Waals surface area contributed by atoms with Gasteiger partial charge in [0.25, 0.3) is 0 Å². The van der Waals surface area contributed by atoms with Crippen LogP contribution >= 0.6 is 0 Å². The molecule has 1 aromatic carbocycles. The lowest BCUT2D eigenvalue weighted by molar-refractivity contribution is -0.116. The minimum Gasteiger partial charge on any atom is -0.339 e. The zero-order chi connectivity index (χ0) is 18.5. The Labute approximate surface area is 151 Å². The summed E-state index contributed by atoms with van der Waals surface area (Å²) >= 11 is 0. The summed E-state index contributed by atoms with van der Waals surface area (Å²) in [6.45, 7) is 5.87. The molecule has 0 bridgehead atoms. The number of carbonyl (C=O) groups excluding carboxylic acids is 1. The molecule has 26 heavy (non-hydrogen) atoms. The Bertz CT molecular complexity index is 866. The number of benzene rings is 1. The van der Waals surface area contributed by atoms with E-state index in [0.717, 1.165) is 17.1 Å². The van der Waals surface area contributed by atoms with Gasteiger partial charge in [-0.05, 0) is 37.6 Å². The second-order valence-corrected chi connectivity index (χ2v) is 6.42. The van der Waals surface area contributed by atoms with E-state index >= 15 is 0 Å². The van der Waals surface area contributed by atoms with Gasteiger partial charge in [0.2, 0.25) is 11.8 Å². The number of aryl methyl sites for hydroxylation is 2. The van der Waals surface area contributed by atoms with Gasteiger partial charge in [0.15, 0.2) is 11.6 Å². The molecule has 0 saturated carbocycles. The van der Waals surface area contributed by atoms with Crippen LogP contribution in [-0.4, -0.2) is 31.2 Å². The van der Waals surface area contributed by atoms with E-state index in [0.29, 0.717) is 36.8 Å². The number of amides is 1. The van der Waals surface area contributed by atoms with E-state index in [-0.39, 0.29) is 11.8 Å². The van der Waals surface area contributed by atoms with Crippen molar-refractivity contribution in [1.29, 1.82) is 0 Å². The highest BCUT2D eigenvalue weighted by atomic mass is 16.5. The Hall–Kier alpha value is -3.03. The summed E-state index contributed by atoms with van der Waals surface area (Å²) in [6.07, 6.45) is 1.64. The summed E-state index contributed by atoms with van der Waals surface area (Å²) in [6, 6.07) is 7.44. The number of rotatable bonds is 7. The quantitative estimate of drug-likeness (QED) is 0.674. The summed E-state index contributed by atoms with van der Waals surface area (Å²) in [5.41, 5.74) is 1.63. The summed E-state index contributed by atoms with van der Waals surface area (Å²) < 4.78 is 5.18. The van der Waals surface area contributed by atoms with Crippen LogP contribution in [-0.2, 0) is 11.2 Å². The molecule has 0 aliphatic carbocycles. The molecule has 0 radical (unpaired) electrons. The van der Waals surface area contributed by atoms with Crippen molar-refractivity contribution in [3.8, 4) is 11.4 Å². The highest BCUT2D eigenvalue weighted by Gasteiger charge is 2.10. The highest BCUT2D eigenvalue weighted by Crippen LogP contribution is 2.18. The van der Waals surface area contributed by atoms with Crippen molar-refractivity contribution in [1.82, 2.24) is 25.3 Å². The molecule has 0 aliphatic rings. The van der Waals surface area contributed by atoms with Gasteiger partial charge in [-0.2, -0.15) is 10.1 Å². The first-order valence-corrected chi connectivity index (χ1v) is 8.63. The third-order valence-corrected chi connectivity index (χ3v) is 3.82. The standard InChI is InChI=1S/C18H22N6O2/c1-11(2)17-21-16(26-24-17)6-4-5-15(25)20-14-9-7-13(8-10-14)18-19-12(3)22-23-18/h7-11H,4-6H2,1-3H3,(H,20,25)(H,19,22,23). The fourth-order valence-corrected chi connectivity index (χ4v) is 2.40. The predicted octanol–water partition coefficient (Wildman–Crippen LogP) is 3.25. The average molecular weight is 354 g/mol. The summed E-state index contributed by atoms with van der Waals surface area (Å²) in [7, 11) is 0. The molecule has 8 heteroatoms. The third kappa shape index (κ3) is 4.53. The molecule has 0 spiro atoms. The van der Waals surface area contributed by atoms with Gasteiger partial charge in [0, 0.05) is 30.0 Å². The molecule has 3 rings (SSSR count). The van der Waals surface area contributed by atoms with Gasteiger partial charge in [-0.25, -0.2) is 4.98 Å². The van der Waals surface area contributed by atoms with E-state index in [9.17, 15) is 4.79 Å². The van der Waals surface area contributed by atoms with Crippen molar-refractivity contribution >= 4 is 11.6 Å². The van der Waals surface area contributed by atoms with Crippen LogP contribution < -0.4 is 5.32 Å². The molecule has 0 atom stereocenters. The maximum Gasteiger partial charge on any atom is 0.226 e. The van der Waals surface area contributed by atoms with Crippen LogP contribution in [0.1, 0.15) is 50.1 Å². The second-order valence-electron chi connectivity index (χ2n) is 6.42. The van der Waals surface area contributed by atoms with E-state index in [2.05, 4.69) is 30.6 Å². The number of carbonyl (C=O) groups is 1. The largest absolute Gasteiger partial charge is 0.339 e. The summed E-state index contributed by atoms with van der Waals surface area (Å²) in [5, 5.41) is 13.7. The van der Waals surface area contributed by atoms with Gasteiger partial charge < -0.3 is 9.84 Å². The molecule has 0 saturated heterocycles. The Morgan fingerprint density at radius 2 is 2.00 bits per heavy atom. The number of hydrogen-bond donors (Lipinski definition) is 2. The van der Waals surface area contributed by atoms with Crippen molar-refractivity contribution in [2.24, 2.45) is 0 Å². The maximum atomic E-state index is 12.1. The van der Waals surface area contributed by atoms with Crippen molar-refractivity contribution in [3.63, 3.8) is 0 Å². The van der Waals surface area contributed by atoms with E-state index in [1.165, 1.54) is 0 Å². The average Bonchev–Trinajstić information content (AvgIpc) is 3.25. The van der Waals surface area contributed by atoms with E-state index in [1.807, 2.05) is 45.0 Å². The number of H-pyrrole nitrogens is 1. The number of anilines is 1. The Morgan fingerprint density at radius 1 is 1.23 bits per heavy atom. The normalized spacial score (nSPS) is 11.1. The maximum absolute atomic E-state index is 12.1. The fraction of sp³-hybridized carbons (Fsp3) is 0.389. The first-order chi connectivity index (χ1) is 12.5. The monoisotopic (exact) mass is 354 g/mol. The van der Waals surface area contributed by atoms with Crippen LogP contribution in [0.15, 0.2) is 28.8 Å². The van der Waals surface area contributed by atoms with Gasteiger partial charge in [0.05, 0.1) is 0 Å². The third-order valence-electron chi connectivity index (χ3n) is 3.82. The molecule has 1 amide bonds. The summed E-state index contributed by atoms with van der Waals surface area (Å²) in [4.78, 5) is 20.7. The lowest BCUT2D eigenvalue weighted by Crippen LogP contribution is -2.11. The molecule has 2 heterocycles. The van der Waals surface area contributed by atoms with Gasteiger partial charge in [0.1, 0.15) is 5.82 Å². The van der Waals surface area contributed by atoms with Crippen molar-refractivity contribution < 1.29 is 9.32 Å². The van der Waals surface area contributed by atoms with E-state index < -0.39 is 0 Å². The van der Waals surface area contributed by atoms with Crippen LogP contribution in [0.2, 0.25) is 0 Å². The number of aromatic amines is 1. The van der Waals surface area contributed by atoms with E-state index in [4.69, 9.17) is 4.52 Å². The first kappa shape index (κ1) is 17.8. The molecule has 0 aliphatic heterocycles. The molecule has 136 valence electrons. The van der Waals surface area contributed by atoms with Crippen LogP contribution in [0.25, 0.3) is 11.4 Å². The topological polar surface area (TPSA) is 110 Å². The van der Waals surface area contributed by atoms with Crippen molar-refractivity contribution in [2.45, 2.75) is 46.0 Å². The van der Waals surface area contributed by atoms with Crippen molar-refractivity contribution in [3.05, 3.63) is 41.8 Å². The SMILES string of the molecule is Cc1nc(-c2ccc(NC(=O)CCCc3nc(C(C)C)no3)cc2)n[nH]1. The molecular weight excluding hydrogens is 332 g/mol. The number of nitrogens with zero attached hydrogens (tertiary/aromatic N) is 4. The summed E-state index contributed by atoms with van der Waals surface area (Å²) in [5.74, 6) is 2.87. The Morgan fingerprint density at radius 3 is 2.62 bits per heavy atom. The Kier molecular flexibility index (Phi) is 5.40. The lowest BCUT2D eigenvalue weighted by atomic mass is 10.2. The van der Waals surface area contributed by atoms with Crippen LogP contribution in [0.3, 0.4) is 0 Å². The van der Waals surface area contributed by atoms with Gasteiger partial charge in [-0.15, -0.1) is 0 Å². The smallest absolute Gasteiger partial charge is 0.226 e. The number of aromatic nitrogens is 5. The minimum atomic E-state index is -0.0462. The lowest BCUT2D eigenvalue weighted by Gasteiger charge is -2.05. The first-order valence-electron chi connectivity index (χ1n) is 8.63. The molecular formula is C18H22N6O2. The van der Waals surface area contributed by atoms with Crippen LogP contribution in [0.5, 0.6) is 0 Å². The van der Waals surface area contributed by atoms with Crippen LogP contribution in [0, 0.1) is 6.92 Å². The molecule has 0 unspecified atom stereocenters. The zero-order valence-electron chi connectivity index (χ0n) is 15.1. The molecule has 0 fully saturated rings. The highest BCUT2D eigenvalue weighted by molar-refractivity contribution is 5.90. The van der Waals surface area contributed by atoms with Crippen LogP contribution in [0.4, 0.5) is 5.69 Å². The van der Waals surface area contributed by atoms with Gasteiger partial charge in [-0.1, -0.05) is 19.0 Å². The number of nitrogens with one attached hydrogen (secondary N) is 2. The predicted molar refractivity (Wildman–Crippen MR) is 96.5 cm³/mol.